The summed E-state index contributed by atoms with van der Waals surface area (Å²) in [5.41, 5.74) is 0.783. The summed E-state index contributed by atoms with van der Waals surface area (Å²) >= 11 is 0. The van der Waals surface area contributed by atoms with Crippen LogP contribution in [-0.4, -0.2) is 36.2 Å². The van der Waals surface area contributed by atoms with Gasteiger partial charge < -0.3 is 14.2 Å². The van der Waals surface area contributed by atoms with Crippen LogP contribution in [0.1, 0.15) is 44.6 Å². The summed E-state index contributed by atoms with van der Waals surface area (Å²) < 4.78 is 10.4. The average molecular weight is 254 g/mol. The van der Waals surface area contributed by atoms with Gasteiger partial charge >= 0.3 is 0 Å². The third-order valence-corrected chi connectivity index (χ3v) is 2.64. The molecular formula is C13H22N2O3. The highest BCUT2D eigenvalue weighted by atomic mass is 16.5. The predicted octanol–water partition coefficient (Wildman–Crippen LogP) is 2.18. The van der Waals surface area contributed by atoms with Gasteiger partial charge in [-0.15, -0.1) is 0 Å². The molecule has 5 nitrogen and oxygen atoms in total. The van der Waals surface area contributed by atoms with Crippen LogP contribution in [-0.2, 0) is 16.1 Å². The number of carbonyl (C=O) groups is 1. The van der Waals surface area contributed by atoms with Crippen molar-refractivity contribution in [2.24, 2.45) is 0 Å². The molecule has 0 aliphatic heterocycles. The molecule has 0 saturated carbocycles. The first-order valence-corrected chi connectivity index (χ1v) is 6.31. The highest BCUT2D eigenvalue weighted by Gasteiger charge is 2.13. The minimum Gasteiger partial charge on any atom is -0.381 e. The van der Waals surface area contributed by atoms with E-state index in [4.69, 9.17) is 9.26 Å². The Balaban J connectivity index is 2.42. The lowest BCUT2D eigenvalue weighted by molar-refractivity contribution is -0.131. The van der Waals surface area contributed by atoms with Gasteiger partial charge in [0.15, 0.2) is 0 Å². The fraction of sp³-hybridized carbons (Fsp3) is 0.692. The highest BCUT2D eigenvalue weighted by molar-refractivity contribution is 5.75. The zero-order valence-corrected chi connectivity index (χ0v) is 11.6. The van der Waals surface area contributed by atoms with E-state index in [-0.39, 0.29) is 5.91 Å². The second-order valence-corrected chi connectivity index (χ2v) is 4.57. The van der Waals surface area contributed by atoms with Crippen molar-refractivity contribution in [3.05, 3.63) is 17.5 Å². The van der Waals surface area contributed by atoms with Gasteiger partial charge in [-0.05, 0) is 6.92 Å². The molecule has 0 N–H and O–H groups in total. The Bertz CT molecular complexity index is 374. The van der Waals surface area contributed by atoms with Crippen LogP contribution in [0.4, 0.5) is 0 Å². The molecule has 0 atom stereocenters. The van der Waals surface area contributed by atoms with E-state index in [0.29, 0.717) is 32.1 Å². The molecule has 102 valence electrons. The fourth-order valence-corrected chi connectivity index (χ4v) is 1.50. The average Bonchev–Trinajstić information content (AvgIpc) is 2.77. The molecule has 1 amide bonds. The van der Waals surface area contributed by atoms with E-state index < -0.39 is 0 Å². The lowest BCUT2D eigenvalue weighted by atomic mass is 10.1. The minimum absolute atomic E-state index is 0.0533. The van der Waals surface area contributed by atoms with E-state index in [1.54, 1.807) is 11.9 Å². The molecule has 0 fully saturated rings. The van der Waals surface area contributed by atoms with Crippen molar-refractivity contribution in [3.63, 3.8) is 0 Å². The number of rotatable bonds is 7. The molecule has 1 aromatic heterocycles. The standard InChI is InChI=1S/C13H22N2O3/c1-5-17-7-6-13(16)15(4)9-11-8-12(10(2)3)18-14-11/h8,10H,5-7,9H2,1-4H3. The number of hydrogen-bond donors (Lipinski definition) is 0. The molecule has 0 aromatic carbocycles. The summed E-state index contributed by atoms with van der Waals surface area (Å²) in [5, 5.41) is 3.96. The molecule has 1 heterocycles. The van der Waals surface area contributed by atoms with Crippen LogP contribution in [0.5, 0.6) is 0 Å². The van der Waals surface area contributed by atoms with Gasteiger partial charge in [0, 0.05) is 25.6 Å². The first-order valence-electron chi connectivity index (χ1n) is 6.31. The lowest BCUT2D eigenvalue weighted by Gasteiger charge is -2.15. The fourth-order valence-electron chi connectivity index (χ4n) is 1.50. The molecular weight excluding hydrogens is 232 g/mol. The Hall–Kier alpha value is -1.36. The van der Waals surface area contributed by atoms with Gasteiger partial charge in [-0.3, -0.25) is 4.79 Å². The van der Waals surface area contributed by atoms with Crippen molar-refractivity contribution >= 4 is 5.91 Å². The predicted molar refractivity (Wildman–Crippen MR) is 68.2 cm³/mol. The van der Waals surface area contributed by atoms with Gasteiger partial charge in [0.1, 0.15) is 11.5 Å². The van der Waals surface area contributed by atoms with E-state index in [1.165, 1.54) is 0 Å². The van der Waals surface area contributed by atoms with Crippen LogP contribution in [0.25, 0.3) is 0 Å². The Kier molecular flexibility index (Phi) is 5.85. The maximum atomic E-state index is 11.8. The molecule has 0 aliphatic rings. The van der Waals surface area contributed by atoms with Gasteiger partial charge in [0.25, 0.3) is 0 Å². The van der Waals surface area contributed by atoms with Gasteiger partial charge in [0.05, 0.1) is 19.6 Å². The Labute approximate surface area is 108 Å². The smallest absolute Gasteiger partial charge is 0.224 e. The van der Waals surface area contributed by atoms with Crippen LogP contribution in [0.15, 0.2) is 10.6 Å². The zero-order valence-electron chi connectivity index (χ0n) is 11.6. The van der Waals surface area contributed by atoms with Crippen molar-refractivity contribution in [2.75, 3.05) is 20.3 Å². The molecule has 1 rings (SSSR count). The van der Waals surface area contributed by atoms with Gasteiger partial charge in [-0.2, -0.15) is 0 Å². The Morgan fingerprint density at radius 1 is 1.56 bits per heavy atom. The van der Waals surface area contributed by atoms with Crippen molar-refractivity contribution < 1.29 is 14.1 Å². The van der Waals surface area contributed by atoms with Gasteiger partial charge in [-0.1, -0.05) is 19.0 Å². The monoisotopic (exact) mass is 254 g/mol. The number of aromatic nitrogens is 1. The number of amides is 1. The summed E-state index contributed by atoms with van der Waals surface area (Å²) in [6.07, 6.45) is 0.402. The molecule has 18 heavy (non-hydrogen) atoms. The quantitative estimate of drug-likeness (QED) is 0.700. The highest BCUT2D eigenvalue weighted by Crippen LogP contribution is 2.15. The van der Waals surface area contributed by atoms with Crippen LogP contribution >= 0.6 is 0 Å². The maximum absolute atomic E-state index is 11.8. The number of nitrogens with zero attached hydrogens (tertiary/aromatic N) is 2. The Morgan fingerprint density at radius 3 is 2.83 bits per heavy atom. The molecule has 0 unspecified atom stereocenters. The van der Waals surface area contributed by atoms with Gasteiger partial charge in [-0.25, -0.2) is 0 Å². The third kappa shape index (κ3) is 4.49. The van der Waals surface area contributed by atoms with Crippen LogP contribution < -0.4 is 0 Å². The van der Waals surface area contributed by atoms with E-state index in [1.807, 2.05) is 26.8 Å². The second-order valence-electron chi connectivity index (χ2n) is 4.57. The lowest BCUT2D eigenvalue weighted by Crippen LogP contribution is -2.27. The number of hydrogen-bond acceptors (Lipinski definition) is 4. The molecule has 5 heteroatoms. The number of ether oxygens (including phenoxy) is 1. The molecule has 0 radical (unpaired) electrons. The largest absolute Gasteiger partial charge is 0.381 e. The van der Waals surface area contributed by atoms with E-state index in [2.05, 4.69) is 5.16 Å². The van der Waals surface area contributed by atoms with Crippen molar-refractivity contribution in [1.29, 1.82) is 0 Å². The third-order valence-electron chi connectivity index (χ3n) is 2.64. The van der Waals surface area contributed by atoms with E-state index in [0.717, 1.165) is 11.5 Å². The number of carbonyl (C=O) groups excluding carboxylic acids is 1. The van der Waals surface area contributed by atoms with Gasteiger partial charge in [0.2, 0.25) is 5.91 Å². The molecule has 0 bridgehead atoms. The van der Waals surface area contributed by atoms with Crippen molar-refractivity contribution in [1.82, 2.24) is 10.1 Å². The normalized spacial score (nSPS) is 10.9. The second kappa shape index (κ2) is 7.16. The van der Waals surface area contributed by atoms with E-state index in [9.17, 15) is 4.79 Å². The first kappa shape index (κ1) is 14.7. The molecule has 0 spiro atoms. The minimum atomic E-state index is 0.0533. The topological polar surface area (TPSA) is 55.6 Å². The first-order chi connectivity index (χ1) is 8.54. The zero-order chi connectivity index (χ0) is 13.5. The summed E-state index contributed by atoms with van der Waals surface area (Å²) in [7, 11) is 1.76. The summed E-state index contributed by atoms with van der Waals surface area (Å²) in [5.74, 6) is 1.21. The summed E-state index contributed by atoms with van der Waals surface area (Å²) in [4.78, 5) is 13.4. The van der Waals surface area contributed by atoms with Crippen LogP contribution in [0.3, 0.4) is 0 Å². The van der Waals surface area contributed by atoms with Crippen LogP contribution in [0, 0.1) is 0 Å². The summed E-state index contributed by atoms with van der Waals surface area (Å²) in [6, 6.07) is 1.90. The Morgan fingerprint density at radius 2 is 2.28 bits per heavy atom. The molecule has 0 saturated heterocycles. The molecule has 0 aliphatic carbocycles. The van der Waals surface area contributed by atoms with Crippen LogP contribution in [0.2, 0.25) is 0 Å². The van der Waals surface area contributed by atoms with Crippen molar-refractivity contribution in [3.8, 4) is 0 Å². The van der Waals surface area contributed by atoms with E-state index >= 15 is 0 Å². The van der Waals surface area contributed by atoms with Crippen molar-refractivity contribution in [2.45, 2.75) is 39.7 Å². The maximum Gasteiger partial charge on any atom is 0.224 e. The molecule has 1 aromatic rings. The SMILES string of the molecule is CCOCCC(=O)N(C)Cc1cc(C(C)C)on1. The summed E-state index contributed by atoms with van der Waals surface area (Å²) in [6.45, 7) is 7.58.